The molecule has 0 aliphatic carbocycles. The Bertz CT molecular complexity index is 32.5. The number of hydrogen-bond donors (Lipinski definition) is 0. The van der Waals surface area contributed by atoms with Crippen molar-refractivity contribution in [3.05, 3.63) is 6.92 Å². The molecular weight excluding hydrogens is 228 g/mol. The summed E-state index contributed by atoms with van der Waals surface area (Å²) in [7, 11) is 0. The molecule has 0 unspecified atom stereocenters. The second kappa shape index (κ2) is 22.4. The molecule has 1 nitrogen and oxygen atoms in total. The van der Waals surface area contributed by atoms with Gasteiger partial charge in [0, 0.05) is 0 Å². The first kappa shape index (κ1) is 30.2. The van der Waals surface area contributed by atoms with Crippen LogP contribution in [0.25, 0.3) is 0 Å². The maximum absolute atomic E-state index is 9.57. The smallest absolute Gasteiger partial charge is 1.00 e. The van der Waals surface area contributed by atoms with E-state index in [-0.39, 0.29) is 88.0 Å². The molecule has 0 aliphatic heterocycles. The van der Waals surface area contributed by atoms with Gasteiger partial charge >= 0.3 is 46.1 Å². The molecule has 0 spiro atoms. The SMILES string of the molecule is [Br-].[CH2-][C@@H](C)C[O-].[Cl-].[Mg+2].[Mg+2]. The van der Waals surface area contributed by atoms with Gasteiger partial charge in [-0.05, 0) is 0 Å². The Labute approximate surface area is 106 Å². The van der Waals surface area contributed by atoms with Crippen LogP contribution in [0.2, 0.25) is 0 Å². The summed E-state index contributed by atoms with van der Waals surface area (Å²) < 4.78 is 0. The van der Waals surface area contributed by atoms with Crippen molar-refractivity contribution >= 4 is 46.1 Å². The summed E-state index contributed by atoms with van der Waals surface area (Å²) in [6, 6.07) is 0. The van der Waals surface area contributed by atoms with Gasteiger partial charge in [-0.25, -0.2) is 0 Å². The minimum Gasteiger partial charge on any atom is -1.00 e. The van der Waals surface area contributed by atoms with E-state index in [0.717, 1.165) is 0 Å². The summed E-state index contributed by atoms with van der Waals surface area (Å²) in [6.07, 6.45) is 0. The molecule has 48 valence electrons. The monoisotopic (exact) mass is 234 g/mol. The summed E-state index contributed by atoms with van der Waals surface area (Å²) in [5, 5.41) is 9.57. The van der Waals surface area contributed by atoms with Crippen LogP contribution < -0.4 is 34.5 Å². The zero-order valence-electron chi connectivity index (χ0n) is 5.57. The topological polar surface area (TPSA) is 23.1 Å². The summed E-state index contributed by atoms with van der Waals surface area (Å²) in [5.74, 6) is 0.0787. The third kappa shape index (κ3) is 38.6. The average molecular weight is 236 g/mol. The molecule has 0 amide bonds. The predicted molar refractivity (Wildman–Crippen MR) is 30.9 cm³/mol. The maximum atomic E-state index is 9.57. The molecule has 0 aromatic rings. The van der Waals surface area contributed by atoms with Crippen LogP contribution in [-0.2, 0) is 0 Å². The summed E-state index contributed by atoms with van der Waals surface area (Å²) >= 11 is 0. The van der Waals surface area contributed by atoms with Crippen LogP contribution in [0.1, 0.15) is 6.92 Å². The van der Waals surface area contributed by atoms with Gasteiger partial charge in [-0.2, -0.15) is 12.5 Å². The Balaban J connectivity index is -0.0000000133. The molecule has 0 saturated heterocycles. The molecule has 0 aromatic carbocycles. The quantitative estimate of drug-likeness (QED) is 0.328. The second-order valence-electron chi connectivity index (χ2n) is 1.27. The van der Waals surface area contributed by atoms with Gasteiger partial charge < -0.3 is 41.4 Å². The van der Waals surface area contributed by atoms with Gasteiger partial charge in [0.05, 0.1) is 0 Å². The first-order chi connectivity index (χ1) is 2.27. The van der Waals surface area contributed by atoms with Crippen LogP contribution in [0.4, 0.5) is 0 Å². The van der Waals surface area contributed by atoms with Gasteiger partial charge in [0.1, 0.15) is 0 Å². The van der Waals surface area contributed by atoms with Crippen molar-refractivity contribution in [2.75, 3.05) is 6.61 Å². The molecule has 0 heterocycles. The molecule has 0 aliphatic rings. The fraction of sp³-hybridized carbons (Fsp3) is 0.750. The van der Waals surface area contributed by atoms with Gasteiger partial charge in [0.2, 0.25) is 0 Å². The number of hydrogen-bond acceptors (Lipinski definition) is 1. The Morgan fingerprint density at radius 2 is 1.56 bits per heavy atom. The van der Waals surface area contributed by atoms with E-state index in [1.165, 1.54) is 0 Å². The Hall–Kier alpha value is 2.26. The van der Waals surface area contributed by atoms with Crippen molar-refractivity contribution < 1.29 is 34.5 Å². The van der Waals surface area contributed by atoms with Crippen LogP contribution in [0.15, 0.2) is 0 Å². The van der Waals surface area contributed by atoms with E-state index >= 15 is 0 Å². The van der Waals surface area contributed by atoms with E-state index in [0.29, 0.717) is 0 Å². The van der Waals surface area contributed by atoms with Gasteiger partial charge in [0.25, 0.3) is 0 Å². The zero-order chi connectivity index (χ0) is 4.28. The molecule has 0 rings (SSSR count). The largest absolute Gasteiger partial charge is 2.00 e. The van der Waals surface area contributed by atoms with Gasteiger partial charge in [-0.1, -0.05) is 6.92 Å². The standard InChI is InChI=1S/C4H8O.BrH.ClH.2Mg/c1-4(2)3-5;;;;/h4H,1,3H2,2H3;2*1H;;/q-2;;;2*+2/p-2/t4-;;;;/m0..../s1. The molecular formula is C4H8BrClMg2O. The van der Waals surface area contributed by atoms with E-state index in [2.05, 4.69) is 6.92 Å². The summed E-state index contributed by atoms with van der Waals surface area (Å²) in [5.41, 5.74) is 0. The molecule has 0 bridgehead atoms. The molecule has 9 heavy (non-hydrogen) atoms. The number of halogens is 2. The van der Waals surface area contributed by atoms with Crippen LogP contribution in [-0.4, -0.2) is 52.7 Å². The minimum absolute atomic E-state index is 0. The third-order valence-corrected chi connectivity index (χ3v) is 0.285. The third-order valence-electron chi connectivity index (χ3n) is 0.285. The van der Waals surface area contributed by atoms with E-state index in [4.69, 9.17) is 0 Å². The Kier molecular flexibility index (Phi) is 75.4. The van der Waals surface area contributed by atoms with Gasteiger partial charge in [-0.15, -0.1) is 0 Å². The van der Waals surface area contributed by atoms with Crippen molar-refractivity contribution in [2.24, 2.45) is 5.92 Å². The van der Waals surface area contributed by atoms with Crippen molar-refractivity contribution in [2.45, 2.75) is 6.92 Å². The molecule has 1 atom stereocenters. The van der Waals surface area contributed by atoms with Crippen molar-refractivity contribution in [1.82, 2.24) is 0 Å². The summed E-state index contributed by atoms with van der Waals surface area (Å²) in [4.78, 5) is 0. The number of rotatable bonds is 1. The predicted octanol–water partition coefficient (Wildman–Crippen LogP) is -6.94. The van der Waals surface area contributed by atoms with Crippen molar-refractivity contribution in [3.8, 4) is 0 Å². The first-order valence-corrected chi connectivity index (χ1v) is 1.68. The van der Waals surface area contributed by atoms with Crippen LogP contribution in [0.5, 0.6) is 0 Å². The molecule has 0 fully saturated rings. The molecule has 0 radical (unpaired) electrons. The van der Waals surface area contributed by atoms with E-state index in [1.54, 1.807) is 6.92 Å². The molecule has 0 saturated carbocycles. The minimum atomic E-state index is -0.0556. The molecule has 0 N–H and O–H groups in total. The summed E-state index contributed by atoms with van der Waals surface area (Å²) in [6.45, 7) is 5.19. The van der Waals surface area contributed by atoms with Crippen LogP contribution in [0, 0.1) is 12.8 Å². The van der Waals surface area contributed by atoms with Gasteiger partial charge in [0.15, 0.2) is 0 Å². The fourth-order valence-electron chi connectivity index (χ4n) is 0. The van der Waals surface area contributed by atoms with Crippen molar-refractivity contribution in [3.63, 3.8) is 0 Å². The van der Waals surface area contributed by atoms with Gasteiger partial charge in [-0.3, -0.25) is 0 Å². The molecule has 5 heteroatoms. The maximum Gasteiger partial charge on any atom is 2.00 e. The van der Waals surface area contributed by atoms with Crippen LogP contribution >= 0.6 is 0 Å². The second-order valence-corrected chi connectivity index (χ2v) is 1.27. The first-order valence-electron chi connectivity index (χ1n) is 1.68. The Morgan fingerprint density at radius 3 is 1.56 bits per heavy atom. The zero-order valence-corrected chi connectivity index (χ0v) is 10.7. The van der Waals surface area contributed by atoms with E-state index in [9.17, 15) is 5.11 Å². The fourth-order valence-corrected chi connectivity index (χ4v) is 0. The molecule has 0 aromatic heterocycles. The van der Waals surface area contributed by atoms with E-state index < -0.39 is 0 Å². The normalized spacial score (nSPS) is 8.33. The van der Waals surface area contributed by atoms with Crippen LogP contribution in [0.3, 0.4) is 0 Å². The van der Waals surface area contributed by atoms with E-state index in [1.807, 2.05) is 0 Å². The average Bonchev–Trinajstić information content (AvgIpc) is 1.38. The Morgan fingerprint density at radius 1 is 1.44 bits per heavy atom. The van der Waals surface area contributed by atoms with Crippen molar-refractivity contribution in [1.29, 1.82) is 0 Å².